The average molecular weight is 302 g/mol. The number of hydrogen-bond donors (Lipinski definition) is 0. The molecule has 1 heterocycles. The first-order valence-corrected chi connectivity index (χ1v) is 7.44. The Bertz CT molecular complexity index is 562. The molecule has 1 aromatic rings. The van der Waals surface area contributed by atoms with Crippen molar-refractivity contribution in [3.05, 3.63) is 35.9 Å². The zero-order chi connectivity index (χ0) is 16.4. The van der Waals surface area contributed by atoms with Crippen LogP contribution in [0.15, 0.2) is 30.3 Å². The minimum absolute atomic E-state index is 0.252. The van der Waals surface area contributed by atoms with E-state index in [0.29, 0.717) is 0 Å². The van der Waals surface area contributed by atoms with Gasteiger partial charge in [0.25, 0.3) is 0 Å². The standard InChI is InChI=1S/C17H23BO4/c1-16(2)17(3,4)22-18(21-16)14-10-6-8-13(12-14)9-7-11-15(19)20-5/h6-10,12H,11H2,1-5H3. The van der Waals surface area contributed by atoms with Crippen molar-refractivity contribution in [1.29, 1.82) is 0 Å². The highest BCUT2D eigenvalue weighted by molar-refractivity contribution is 6.62. The van der Waals surface area contributed by atoms with Gasteiger partial charge in [0.1, 0.15) is 0 Å². The molecule has 118 valence electrons. The highest BCUT2D eigenvalue weighted by atomic mass is 16.7. The molecule has 0 saturated carbocycles. The van der Waals surface area contributed by atoms with Crippen LogP contribution < -0.4 is 5.46 Å². The highest BCUT2D eigenvalue weighted by Gasteiger charge is 2.51. The van der Waals surface area contributed by atoms with Crippen molar-refractivity contribution in [2.45, 2.75) is 45.3 Å². The molecule has 0 amide bonds. The Hall–Kier alpha value is -1.59. The predicted octanol–water partition coefficient (Wildman–Crippen LogP) is 2.56. The zero-order valence-corrected chi connectivity index (χ0v) is 13.9. The minimum Gasteiger partial charge on any atom is -0.469 e. The number of ether oxygens (including phenoxy) is 1. The number of hydrogen-bond acceptors (Lipinski definition) is 4. The summed E-state index contributed by atoms with van der Waals surface area (Å²) in [5.41, 5.74) is 1.26. The lowest BCUT2D eigenvalue weighted by molar-refractivity contribution is -0.139. The van der Waals surface area contributed by atoms with Crippen LogP contribution in [0.25, 0.3) is 6.08 Å². The molecule has 1 aromatic carbocycles. The van der Waals surface area contributed by atoms with E-state index in [9.17, 15) is 4.79 Å². The fourth-order valence-corrected chi connectivity index (χ4v) is 2.16. The minimum atomic E-state index is -0.376. The summed E-state index contributed by atoms with van der Waals surface area (Å²) in [4.78, 5) is 11.1. The van der Waals surface area contributed by atoms with E-state index in [-0.39, 0.29) is 30.7 Å². The summed E-state index contributed by atoms with van der Waals surface area (Å²) in [7, 11) is 1.01. The fraction of sp³-hybridized carbons (Fsp3) is 0.471. The van der Waals surface area contributed by atoms with Gasteiger partial charge in [0.2, 0.25) is 0 Å². The molecule has 5 heteroatoms. The van der Waals surface area contributed by atoms with Crippen molar-refractivity contribution < 1.29 is 18.8 Å². The molecule has 0 unspecified atom stereocenters. The molecule has 0 bridgehead atoms. The van der Waals surface area contributed by atoms with Gasteiger partial charge in [-0.15, -0.1) is 0 Å². The normalized spacial score (nSPS) is 19.6. The van der Waals surface area contributed by atoms with Gasteiger partial charge in [0, 0.05) is 0 Å². The molecule has 0 atom stereocenters. The molecule has 0 aliphatic carbocycles. The Labute approximate surface area is 132 Å². The number of rotatable bonds is 4. The second kappa shape index (κ2) is 6.27. The number of methoxy groups -OCH3 is 1. The summed E-state index contributed by atoms with van der Waals surface area (Å²) in [5.74, 6) is -0.252. The van der Waals surface area contributed by atoms with Crippen LogP contribution in [0.3, 0.4) is 0 Å². The molecule has 0 radical (unpaired) electrons. The van der Waals surface area contributed by atoms with E-state index < -0.39 is 0 Å². The third kappa shape index (κ3) is 3.59. The van der Waals surface area contributed by atoms with Crippen LogP contribution >= 0.6 is 0 Å². The number of carbonyl (C=O) groups excluding carboxylic acids is 1. The topological polar surface area (TPSA) is 44.8 Å². The Morgan fingerprint density at radius 1 is 1.23 bits per heavy atom. The molecule has 1 saturated heterocycles. The first-order valence-electron chi connectivity index (χ1n) is 7.44. The van der Waals surface area contributed by atoms with Crippen LogP contribution in [-0.4, -0.2) is 31.4 Å². The Morgan fingerprint density at radius 2 is 1.86 bits per heavy atom. The van der Waals surface area contributed by atoms with Gasteiger partial charge in [-0.3, -0.25) is 4.79 Å². The van der Waals surface area contributed by atoms with E-state index in [2.05, 4.69) is 4.74 Å². The van der Waals surface area contributed by atoms with Crippen LogP contribution in [0.2, 0.25) is 0 Å². The predicted molar refractivity (Wildman–Crippen MR) is 87.8 cm³/mol. The fourth-order valence-electron chi connectivity index (χ4n) is 2.16. The lowest BCUT2D eigenvalue weighted by Gasteiger charge is -2.32. The van der Waals surface area contributed by atoms with Crippen LogP contribution in [0, 0.1) is 0 Å². The van der Waals surface area contributed by atoms with E-state index in [1.807, 2.05) is 58.0 Å². The third-order valence-corrected chi connectivity index (χ3v) is 4.26. The summed E-state index contributed by atoms with van der Waals surface area (Å²) in [6, 6.07) is 7.93. The molecule has 0 N–H and O–H groups in total. The third-order valence-electron chi connectivity index (χ3n) is 4.26. The van der Waals surface area contributed by atoms with Crippen LogP contribution in [0.5, 0.6) is 0 Å². The Kier molecular flexibility index (Phi) is 4.78. The summed E-state index contributed by atoms with van der Waals surface area (Å²) in [6.07, 6.45) is 3.94. The largest absolute Gasteiger partial charge is 0.494 e. The van der Waals surface area contributed by atoms with Gasteiger partial charge in [-0.1, -0.05) is 36.4 Å². The molecule has 0 spiro atoms. The van der Waals surface area contributed by atoms with E-state index in [4.69, 9.17) is 9.31 Å². The monoisotopic (exact) mass is 302 g/mol. The lowest BCUT2D eigenvalue weighted by atomic mass is 9.78. The molecule has 1 aliphatic heterocycles. The van der Waals surface area contributed by atoms with Crippen molar-refractivity contribution in [2.24, 2.45) is 0 Å². The van der Waals surface area contributed by atoms with Crippen molar-refractivity contribution >= 4 is 24.6 Å². The van der Waals surface area contributed by atoms with Gasteiger partial charge in [0.15, 0.2) is 0 Å². The van der Waals surface area contributed by atoms with E-state index in [1.165, 1.54) is 7.11 Å². The van der Waals surface area contributed by atoms with Crippen molar-refractivity contribution in [3.8, 4) is 0 Å². The van der Waals surface area contributed by atoms with Gasteiger partial charge >= 0.3 is 13.1 Å². The summed E-state index contributed by atoms with van der Waals surface area (Å²) in [6.45, 7) is 8.14. The van der Waals surface area contributed by atoms with E-state index in [0.717, 1.165) is 11.0 Å². The molecular formula is C17H23BO4. The van der Waals surface area contributed by atoms with Gasteiger partial charge < -0.3 is 14.0 Å². The molecule has 4 nitrogen and oxygen atoms in total. The van der Waals surface area contributed by atoms with Gasteiger partial charge in [-0.05, 0) is 38.7 Å². The smallest absolute Gasteiger partial charge is 0.469 e. The SMILES string of the molecule is COC(=O)CC=Cc1cccc(B2OC(C)(C)C(C)(C)O2)c1. The zero-order valence-electron chi connectivity index (χ0n) is 13.9. The number of benzene rings is 1. The first-order chi connectivity index (χ1) is 10.2. The van der Waals surface area contributed by atoms with Crippen LogP contribution in [-0.2, 0) is 18.8 Å². The Morgan fingerprint density at radius 3 is 2.45 bits per heavy atom. The lowest BCUT2D eigenvalue weighted by Crippen LogP contribution is -2.41. The van der Waals surface area contributed by atoms with Crippen molar-refractivity contribution in [1.82, 2.24) is 0 Å². The quantitative estimate of drug-likeness (QED) is 0.633. The highest BCUT2D eigenvalue weighted by Crippen LogP contribution is 2.36. The van der Waals surface area contributed by atoms with Gasteiger partial charge in [-0.2, -0.15) is 0 Å². The molecule has 0 aromatic heterocycles. The van der Waals surface area contributed by atoms with E-state index in [1.54, 1.807) is 6.08 Å². The number of esters is 1. The maximum atomic E-state index is 11.1. The van der Waals surface area contributed by atoms with Crippen molar-refractivity contribution in [3.63, 3.8) is 0 Å². The van der Waals surface area contributed by atoms with Gasteiger partial charge in [-0.25, -0.2) is 0 Å². The second-order valence-corrected chi connectivity index (χ2v) is 6.44. The van der Waals surface area contributed by atoms with Crippen LogP contribution in [0.4, 0.5) is 0 Å². The average Bonchev–Trinajstić information content (AvgIpc) is 2.67. The Balaban J connectivity index is 2.11. The van der Waals surface area contributed by atoms with E-state index >= 15 is 0 Å². The molecular weight excluding hydrogens is 279 g/mol. The summed E-state index contributed by atoms with van der Waals surface area (Å²) in [5, 5.41) is 0. The molecule has 1 aliphatic rings. The maximum absolute atomic E-state index is 11.1. The molecule has 2 rings (SSSR count). The van der Waals surface area contributed by atoms with Crippen molar-refractivity contribution in [2.75, 3.05) is 7.11 Å². The molecule has 22 heavy (non-hydrogen) atoms. The first kappa shape index (κ1) is 16.8. The summed E-state index contributed by atoms with van der Waals surface area (Å²) < 4.78 is 16.7. The summed E-state index contributed by atoms with van der Waals surface area (Å²) >= 11 is 0. The molecule has 1 fully saturated rings. The number of carbonyl (C=O) groups is 1. The van der Waals surface area contributed by atoms with Gasteiger partial charge in [0.05, 0.1) is 24.7 Å². The maximum Gasteiger partial charge on any atom is 0.494 e. The second-order valence-electron chi connectivity index (χ2n) is 6.44. The van der Waals surface area contributed by atoms with Crippen LogP contribution in [0.1, 0.15) is 39.7 Å².